The standard InChI is InChI=1S/C31H35N5O6/c1-20-7-9-22(10-8-20)25(19-28(37)38)33-29(39)23-11-12-27(35-13-15-36(16-14-35)31(41)42-3)26(18-23)34-30(40)32-24-6-4-5-21(2)17-24/h4-12,17-18,25H,13-16,19H2,1-3H3,(H,33,39)(H,37,38)(H2,32,34,40). The molecule has 3 aromatic carbocycles. The summed E-state index contributed by atoms with van der Waals surface area (Å²) in [5.74, 6) is -1.52. The first-order valence-electron chi connectivity index (χ1n) is 13.6. The van der Waals surface area contributed by atoms with E-state index in [0.717, 1.165) is 11.1 Å². The summed E-state index contributed by atoms with van der Waals surface area (Å²) in [7, 11) is 1.34. The second-order valence-corrected chi connectivity index (χ2v) is 10.2. The number of nitrogens with zero attached hydrogens (tertiary/aromatic N) is 2. The first-order valence-corrected chi connectivity index (χ1v) is 13.6. The van der Waals surface area contributed by atoms with Gasteiger partial charge in [-0.25, -0.2) is 9.59 Å². The molecule has 0 aliphatic carbocycles. The molecule has 1 atom stereocenters. The van der Waals surface area contributed by atoms with Crippen molar-refractivity contribution in [1.82, 2.24) is 10.2 Å². The van der Waals surface area contributed by atoms with E-state index >= 15 is 0 Å². The summed E-state index contributed by atoms with van der Waals surface area (Å²) in [5, 5.41) is 18.0. The lowest BCUT2D eigenvalue weighted by Crippen LogP contribution is -2.49. The number of amides is 4. The number of carboxylic acids is 1. The van der Waals surface area contributed by atoms with E-state index in [0.29, 0.717) is 48.8 Å². The zero-order chi connectivity index (χ0) is 30.2. The van der Waals surface area contributed by atoms with Crippen LogP contribution < -0.4 is 20.9 Å². The van der Waals surface area contributed by atoms with Gasteiger partial charge < -0.3 is 35.6 Å². The van der Waals surface area contributed by atoms with Crippen molar-refractivity contribution in [1.29, 1.82) is 0 Å². The van der Waals surface area contributed by atoms with Crippen LogP contribution in [0.2, 0.25) is 0 Å². The van der Waals surface area contributed by atoms with E-state index < -0.39 is 30.0 Å². The topological polar surface area (TPSA) is 140 Å². The van der Waals surface area contributed by atoms with Gasteiger partial charge in [0.1, 0.15) is 0 Å². The Balaban J connectivity index is 1.59. The molecular formula is C31H35N5O6. The normalized spacial score (nSPS) is 13.6. The summed E-state index contributed by atoms with van der Waals surface area (Å²) in [6.07, 6.45) is -0.691. The van der Waals surface area contributed by atoms with E-state index in [4.69, 9.17) is 4.74 Å². The average Bonchev–Trinajstić information content (AvgIpc) is 2.96. The van der Waals surface area contributed by atoms with Crippen LogP contribution in [0.5, 0.6) is 0 Å². The van der Waals surface area contributed by atoms with Gasteiger partial charge in [0.05, 0.1) is 30.9 Å². The number of carbonyl (C=O) groups is 4. The minimum atomic E-state index is -1.04. The van der Waals surface area contributed by atoms with E-state index in [2.05, 4.69) is 16.0 Å². The molecule has 1 fully saturated rings. The molecule has 0 bridgehead atoms. The fourth-order valence-corrected chi connectivity index (χ4v) is 4.79. The highest BCUT2D eigenvalue weighted by Gasteiger charge is 2.25. The molecule has 1 saturated heterocycles. The molecule has 1 aliphatic heterocycles. The Bertz CT molecular complexity index is 1450. The number of benzene rings is 3. The van der Waals surface area contributed by atoms with Crippen molar-refractivity contribution in [2.24, 2.45) is 0 Å². The molecular weight excluding hydrogens is 538 g/mol. The first kappa shape index (κ1) is 29.9. The second kappa shape index (κ2) is 13.5. The lowest BCUT2D eigenvalue weighted by molar-refractivity contribution is -0.137. The lowest BCUT2D eigenvalue weighted by Gasteiger charge is -2.36. The van der Waals surface area contributed by atoms with Gasteiger partial charge in [-0.1, -0.05) is 42.0 Å². The largest absolute Gasteiger partial charge is 0.481 e. The van der Waals surface area contributed by atoms with E-state index in [1.807, 2.05) is 49.1 Å². The van der Waals surface area contributed by atoms with E-state index in [1.165, 1.54) is 7.11 Å². The van der Waals surface area contributed by atoms with Gasteiger partial charge >= 0.3 is 18.1 Å². The average molecular weight is 574 g/mol. The molecule has 11 heteroatoms. The molecule has 42 heavy (non-hydrogen) atoms. The molecule has 4 rings (SSSR count). The van der Waals surface area contributed by atoms with Gasteiger partial charge in [0.2, 0.25) is 0 Å². The maximum absolute atomic E-state index is 13.4. The van der Waals surface area contributed by atoms with Gasteiger partial charge in [0, 0.05) is 37.4 Å². The highest BCUT2D eigenvalue weighted by atomic mass is 16.5. The third-order valence-electron chi connectivity index (χ3n) is 7.00. The first-order chi connectivity index (χ1) is 20.1. The minimum absolute atomic E-state index is 0.250. The van der Waals surface area contributed by atoms with Crippen molar-refractivity contribution in [2.75, 3.05) is 48.8 Å². The number of carboxylic acid groups (broad SMARTS) is 1. The van der Waals surface area contributed by atoms with Crippen molar-refractivity contribution >= 4 is 41.1 Å². The second-order valence-electron chi connectivity index (χ2n) is 10.2. The molecule has 4 N–H and O–H groups in total. The van der Waals surface area contributed by atoms with Crippen LogP contribution in [0.25, 0.3) is 0 Å². The number of urea groups is 1. The number of hydrogen-bond acceptors (Lipinski definition) is 6. The number of ether oxygens (including phenoxy) is 1. The van der Waals surface area contributed by atoms with Crippen LogP contribution in [-0.4, -0.2) is 67.3 Å². The van der Waals surface area contributed by atoms with Crippen molar-refractivity contribution < 1.29 is 29.0 Å². The number of carbonyl (C=O) groups excluding carboxylic acids is 3. The maximum Gasteiger partial charge on any atom is 0.409 e. The smallest absolute Gasteiger partial charge is 0.409 e. The molecule has 0 saturated carbocycles. The summed E-state index contributed by atoms with van der Waals surface area (Å²) in [6.45, 7) is 5.68. The van der Waals surface area contributed by atoms with Crippen LogP contribution in [-0.2, 0) is 9.53 Å². The Morgan fingerprint density at radius 1 is 0.881 bits per heavy atom. The van der Waals surface area contributed by atoms with Crippen LogP contribution in [0.15, 0.2) is 66.7 Å². The fraction of sp³-hybridized carbons (Fsp3) is 0.290. The summed E-state index contributed by atoms with van der Waals surface area (Å²) in [6, 6.07) is 18.4. The highest BCUT2D eigenvalue weighted by molar-refractivity contribution is 6.04. The Kier molecular flexibility index (Phi) is 9.64. The van der Waals surface area contributed by atoms with Gasteiger partial charge in [-0.15, -0.1) is 0 Å². The molecule has 1 aliphatic rings. The Labute approximate surface area is 244 Å². The third kappa shape index (κ3) is 7.78. The molecule has 0 aromatic heterocycles. The van der Waals surface area contributed by atoms with Crippen molar-refractivity contribution in [2.45, 2.75) is 26.3 Å². The Morgan fingerprint density at radius 3 is 2.24 bits per heavy atom. The fourth-order valence-electron chi connectivity index (χ4n) is 4.79. The number of nitrogens with one attached hydrogen (secondary N) is 3. The number of aliphatic carboxylic acids is 1. The zero-order valence-corrected chi connectivity index (χ0v) is 23.8. The summed E-state index contributed by atoms with van der Waals surface area (Å²) in [5.41, 5.74) is 4.61. The van der Waals surface area contributed by atoms with Gasteiger partial charge in [-0.05, 0) is 55.3 Å². The number of piperazine rings is 1. The zero-order valence-electron chi connectivity index (χ0n) is 23.8. The number of rotatable bonds is 8. The van der Waals surface area contributed by atoms with Crippen molar-refractivity contribution in [3.05, 3.63) is 89.0 Å². The third-order valence-corrected chi connectivity index (χ3v) is 7.00. The van der Waals surface area contributed by atoms with E-state index in [1.54, 1.807) is 41.3 Å². The quantitative estimate of drug-likeness (QED) is 0.304. The molecule has 0 radical (unpaired) electrons. The maximum atomic E-state index is 13.4. The van der Waals surface area contributed by atoms with Crippen LogP contribution in [0.1, 0.15) is 39.5 Å². The summed E-state index contributed by atoms with van der Waals surface area (Å²) < 4.78 is 4.83. The van der Waals surface area contributed by atoms with Gasteiger partial charge in [-0.3, -0.25) is 9.59 Å². The van der Waals surface area contributed by atoms with Crippen LogP contribution in [0.3, 0.4) is 0 Å². The lowest BCUT2D eigenvalue weighted by atomic mass is 10.0. The predicted molar refractivity (Wildman–Crippen MR) is 160 cm³/mol. The van der Waals surface area contributed by atoms with Crippen LogP contribution in [0.4, 0.5) is 26.7 Å². The molecule has 11 nitrogen and oxygen atoms in total. The van der Waals surface area contributed by atoms with Gasteiger partial charge in [-0.2, -0.15) is 0 Å². The highest BCUT2D eigenvalue weighted by Crippen LogP contribution is 2.29. The van der Waals surface area contributed by atoms with Gasteiger partial charge in [0.25, 0.3) is 5.91 Å². The number of hydrogen-bond donors (Lipinski definition) is 4. The number of anilines is 3. The predicted octanol–water partition coefficient (Wildman–Crippen LogP) is 4.78. The SMILES string of the molecule is COC(=O)N1CCN(c2ccc(C(=O)NC(CC(=O)O)c3ccc(C)cc3)cc2NC(=O)Nc2cccc(C)c2)CC1. The molecule has 4 amide bonds. The molecule has 1 unspecified atom stereocenters. The number of aryl methyl sites for hydroxylation is 2. The molecule has 3 aromatic rings. The van der Waals surface area contributed by atoms with Crippen LogP contribution >= 0.6 is 0 Å². The number of methoxy groups -OCH3 is 1. The monoisotopic (exact) mass is 573 g/mol. The minimum Gasteiger partial charge on any atom is -0.481 e. The summed E-state index contributed by atoms with van der Waals surface area (Å²) in [4.78, 5) is 53.5. The molecule has 1 heterocycles. The van der Waals surface area contributed by atoms with Crippen molar-refractivity contribution in [3.8, 4) is 0 Å². The van der Waals surface area contributed by atoms with E-state index in [-0.39, 0.29) is 12.0 Å². The van der Waals surface area contributed by atoms with Crippen LogP contribution in [0, 0.1) is 13.8 Å². The van der Waals surface area contributed by atoms with Gasteiger partial charge in [0.15, 0.2) is 0 Å². The van der Waals surface area contributed by atoms with E-state index in [9.17, 15) is 24.3 Å². The Hall–Kier alpha value is -5.06. The molecule has 220 valence electrons. The summed E-state index contributed by atoms with van der Waals surface area (Å²) >= 11 is 0. The van der Waals surface area contributed by atoms with Crippen molar-refractivity contribution in [3.63, 3.8) is 0 Å². The Morgan fingerprint density at radius 2 is 1.60 bits per heavy atom. The molecule has 0 spiro atoms.